The number of piperidine rings is 1. The molecule has 12 heteroatoms. The first-order valence-electron chi connectivity index (χ1n) is 12.4. The van der Waals surface area contributed by atoms with Gasteiger partial charge in [-0.25, -0.2) is 13.9 Å². The minimum absolute atomic E-state index is 0.0188. The molecule has 39 heavy (non-hydrogen) atoms. The normalized spacial score (nSPS) is 15.5. The third-order valence-electron chi connectivity index (χ3n) is 5.95. The molecule has 0 aliphatic carbocycles. The number of hydrogen-bond acceptors (Lipinski definition) is 6. The van der Waals surface area contributed by atoms with E-state index in [1.807, 2.05) is 20.8 Å². The van der Waals surface area contributed by atoms with Crippen molar-refractivity contribution in [2.45, 2.75) is 45.3 Å². The van der Waals surface area contributed by atoms with Gasteiger partial charge in [-0.15, -0.1) is 0 Å². The highest BCUT2D eigenvalue weighted by Crippen LogP contribution is 2.27. The fourth-order valence-electron chi connectivity index (χ4n) is 4.19. The predicted molar refractivity (Wildman–Crippen MR) is 145 cm³/mol. The van der Waals surface area contributed by atoms with Crippen LogP contribution in [0.15, 0.2) is 48.7 Å². The minimum atomic E-state index is -0.812. The summed E-state index contributed by atoms with van der Waals surface area (Å²) in [5.41, 5.74) is 5.96. The number of para-hydroxylation sites is 1. The number of nitrogens with zero attached hydrogens (tertiary/aromatic N) is 3. The number of ether oxygens (including phenoxy) is 1. The molecule has 1 unspecified atom stereocenters. The van der Waals surface area contributed by atoms with Crippen molar-refractivity contribution in [2.24, 2.45) is 5.73 Å². The predicted octanol–water partition coefficient (Wildman–Crippen LogP) is 4.64. The number of amides is 3. The number of carbonyl (C=O) groups is 3. The molecule has 10 nitrogen and oxygen atoms in total. The van der Waals surface area contributed by atoms with Gasteiger partial charge in [-0.1, -0.05) is 17.7 Å². The van der Waals surface area contributed by atoms with Gasteiger partial charge in [0, 0.05) is 30.4 Å². The first-order valence-corrected chi connectivity index (χ1v) is 12.8. The molecule has 1 fully saturated rings. The summed E-state index contributed by atoms with van der Waals surface area (Å²) in [6.07, 6.45) is 2.51. The van der Waals surface area contributed by atoms with Crippen LogP contribution in [0.2, 0.25) is 5.02 Å². The number of primary amides is 1. The third-order valence-corrected chi connectivity index (χ3v) is 6.25. The number of rotatable bonds is 6. The monoisotopic (exact) mass is 556 g/mol. The van der Waals surface area contributed by atoms with E-state index in [0.717, 1.165) is 17.5 Å². The van der Waals surface area contributed by atoms with E-state index in [9.17, 15) is 18.8 Å². The second-order valence-electron chi connectivity index (χ2n) is 10.2. The van der Waals surface area contributed by atoms with Gasteiger partial charge in [0.15, 0.2) is 5.69 Å². The molecule has 3 amide bonds. The van der Waals surface area contributed by atoms with Crippen molar-refractivity contribution in [1.82, 2.24) is 20.0 Å². The summed E-state index contributed by atoms with van der Waals surface area (Å²) >= 11 is 6.13. The molecule has 206 valence electrons. The largest absolute Gasteiger partial charge is 0.444 e. The van der Waals surface area contributed by atoms with Gasteiger partial charge in [0.2, 0.25) is 0 Å². The molecule has 1 aromatic heterocycles. The van der Waals surface area contributed by atoms with Gasteiger partial charge in [-0.3, -0.25) is 9.59 Å². The lowest BCUT2D eigenvalue weighted by Crippen LogP contribution is -2.50. The molecule has 1 aliphatic heterocycles. The van der Waals surface area contributed by atoms with Crippen molar-refractivity contribution in [3.8, 4) is 5.69 Å². The van der Waals surface area contributed by atoms with Crippen LogP contribution in [0.1, 0.15) is 54.5 Å². The lowest BCUT2D eigenvalue weighted by molar-refractivity contribution is 0.0185. The van der Waals surface area contributed by atoms with Crippen LogP contribution in [0.3, 0.4) is 0 Å². The molecule has 2 aromatic carbocycles. The topological polar surface area (TPSA) is 132 Å². The quantitative estimate of drug-likeness (QED) is 0.405. The zero-order valence-corrected chi connectivity index (χ0v) is 22.6. The van der Waals surface area contributed by atoms with E-state index in [0.29, 0.717) is 24.3 Å². The van der Waals surface area contributed by atoms with Gasteiger partial charge in [-0.05, 0) is 70.0 Å². The molecule has 0 spiro atoms. The van der Waals surface area contributed by atoms with Crippen LogP contribution in [0, 0.1) is 5.82 Å². The van der Waals surface area contributed by atoms with E-state index in [-0.39, 0.29) is 34.0 Å². The minimum Gasteiger partial charge on any atom is -0.444 e. The Hall–Kier alpha value is -4.12. The maximum absolute atomic E-state index is 14.4. The summed E-state index contributed by atoms with van der Waals surface area (Å²) in [6, 6.07) is 10.5. The Morgan fingerprint density at radius 1 is 1.15 bits per heavy atom. The Kier molecular flexibility index (Phi) is 8.10. The van der Waals surface area contributed by atoms with Crippen LogP contribution in [0.5, 0.6) is 0 Å². The standard InChI is InChI=1S/C27H30ClFN6O4/c1-27(2,3)39-26(38)34-13-5-6-18(14-34)32-25(37)16-9-11-17(12-10-16)31-21-15-35(33-22(21)24(30)36)23-19(28)7-4-8-20(23)29/h4,7-12,15,18,31H,5-6,13-14H2,1-3H3,(H2,30,36)(H,32,37). The van der Waals surface area contributed by atoms with Crippen LogP contribution < -0.4 is 16.4 Å². The Morgan fingerprint density at radius 3 is 2.51 bits per heavy atom. The SMILES string of the molecule is CC(C)(C)OC(=O)N1CCCC(NC(=O)c2ccc(Nc3cn(-c4c(F)cccc4Cl)nc3C(N)=O)cc2)C1. The number of likely N-dealkylation sites (tertiary alicyclic amines) is 1. The van der Waals surface area contributed by atoms with Crippen molar-refractivity contribution in [2.75, 3.05) is 18.4 Å². The average molecular weight is 557 g/mol. The molecule has 1 aliphatic rings. The van der Waals surface area contributed by atoms with Gasteiger partial charge in [0.25, 0.3) is 11.8 Å². The van der Waals surface area contributed by atoms with E-state index in [1.54, 1.807) is 29.2 Å². The zero-order valence-electron chi connectivity index (χ0n) is 21.8. The Balaban J connectivity index is 1.43. The smallest absolute Gasteiger partial charge is 0.410 e. The summed E-state index contributed by atoms with van der Waals surface area (Å²) in [6.45, 7) is 6.38. The van der Waals surface area contributed by atoms with Gasteiger partial charge in [-0.2, -0.15) is 5.10 Å². The summed E-state index contributed by atoms with van der Waals surface area (Å²) in [5, 5.41) is 10.2. The van der Waals surface area contributed by atoms with E-state index in [4.69, 9.17) is 22.1 Å². The number of carbonyl (C=O) groups excluding carboxylic acids is 3. The first-order chi connectivity index (χ1) is 18.4. The number of hydrogen-bond donors (Lipinski definition) is 3. The summed E-state index contributed by atoms with van der Waals surface area (Å²) in [5.74, 6) is -1.71. The van der Waals surface area contributed by atoms with Crippen molar-refractivity contribution < 1.29 is 23.5 Å². The second kappa shape index (κ2) is 11.3. The average Bonchev–Trinajstić information content (AvgIpc) is 3.27. The molecule has 0 radical (unpaired) electrons. The van der Waals surface area contributed by atoms with Gasteiger partial charge in [0.05, 0.1) is 16.9 Å². The lowest BCUT2D eigenvalue weighted by Gasteiger charge is -2.34. The molecule has 3 aromatic rings. The Labute approximate surface area is 230 Å². The number of anilines is 2. The molecule has 4 N–H and O–H groups in total. The first kappa shape index (κ1) is 27.9. The highest BCUT2D eigenvalue weighted by Gasteiger charge is 2.28. The van der Waals surface area contributed by atoms with Crippen LogP contribution in [-0.2, 0) is 4.74 Å². The van der Waals surface area contributed by atoms with Crippen LogP contribution >= 0.6 is 11.6 Å². The Morgan fingerprint density at radius 2 is 1.87 bits per heavy atom. The summed E-state index contributed by atoms with van der Waals surface area (Å²) in [7, 11) is 0. The molecule has 1 saturated heterocycles. The van der Waals surface area contributed by atoms with Gasteiger partial charge in [0.1, 0.15) is 17.1 Å². The molecule has 0 saturated carbocycles. The summed E-state index contributed by atoms with van der Waals surface area (Å²) in [4.78, 5) is 38.9. The van der Waals surface area contributed by atoms with Gasteiger partial charge >= 0.3 is 6.09 Å². The number of benzene rings is 2. The van der Waals surface area contributed by atoms with Crippen LogP contribution in [0.4, 0.5) is 20.6 Å². The van der Waals surface area contributed by atoms with E-state index in [1.165, 1.54) is 24.4 Å². The fraction of sp³-hybridized carbons (Fsp3) is 0.333. The molecule has 0 bridgehead atoms. The lowest BCUT2D eigenvalue weighted by atomic mass is 10.1. The number of aromatic nitrogens is 2. The maximum Gasteiger partial charge on any atom is 0.410 e. The molecular formula is C27H30ClFN6O4. The highest BCUT2D eigenvalue weighted by molar-refractivity contribution is 6.32. The Bertz CT molecular complexity index is 1370. The van der Waals surface area contributed by atoms with Gasteiger partial charge < -0.3 is 26.0 Å². The number of nitrogens with one attached hydrogen (secondary N) is 2. The molecule has 1 atom stereocenters. The molecule has 4 rings (SSSR count). The number of halogens is 2. The zero-order chi connectivity index (χ0) is 28.3. The fourth-order valence-corrected chi connectivity index (χ4v) is 4.44. The van der Waals surface area contributed by atoms with Crippen molar-refractivity contribution in [3.05, 3.63) is 70.8 Å². The van der Waals surface area contributed by atoms with E-state index >= 15 is 0 Å². The van der Waals surface area contributed by atoms with E-state index in [2.05, 4.69) is 15.7 Å². The molecule has 2 heterocycles. The van der Waals surface area contributed by atoms with Crippen molar-refractivity contribution >= 4 is 40.9 Å². The summed E-state index contributed by atoms with van der Waals surface area (Å²) < 4.78 is 21.0. The number of nitrogens with two attached hydrogens (primary N) is 1. The third kappa shape index (κ3) is 6.85. The van der Waals surface area contributed by atoms with Crippen LogP contribution in [-0.4, -0.2) is 57.3 Å². The van der Waals surface area contributed by atoms with Crippen molar-refractivity contribution in [1.29, 1.82) is 0 Å². The molecular weight excluding hydrogens is 527 g/mol. The second-order valence-corrected chi connectivity index (χ2v) is 10.6. The van der Waals surface area contributed by atoms with Crippen LogP contribution in [0.25, 0.3) is 5.69 Å². The van der Waals surface area contributed by atoms with E-state index < -0.39 is 23.4 Å². The van der Waals surface area contributed by atoms with Crippen molar-refractivity contribution in [3.63, 3.8) is 0 Å². The highest BCUT2D eigenvalue weighted by atomic mass is 35.5. The maximum atomic E-state index is 14.4.